The number of ether oxygens (including phenoxy) is 2. The molecule has 3 aliphatic rings. The number of piperidine rings is 1. The molecule has 2 unspecified atom stereocenters. The van der Waals surface area contributed by atoms with Crippen LogP contribution in [0.2, 0.25) is 0 Å². The first kappa shape index (κ1) is 16.5. The van der Waals surface area contributed by atoms with E-state index in [4.69, 9.17) is 9.47 Å². The SMILES string of the molecule is C[N+]1(C)[C@@H]2CC(OC(=O)C(CC(=O)O)c3ccccc3)C[C@H]1[C@@H]1O[C@@H]12. The van der Waals surface area contributed by atoms with E-state index in [9.17, 15) is 14.7 Å². The van der Waals surface area contributed by atoms with E-state index in [2.05, 4.69) is 14.1 Å². The Morgan fingerprint density at radius 2 is 1.80 bits per heavy atom. The molecule has 134 valence electrons. The highest BCUT2D eigenvalue weighted by Gasteiger charge is 2.70. The van der Waals surface area contributed by atoms with Gasteiger partial charge >= 0.3 is 11.9 Å². The number of quaternary nitrogens is 1. The zero-order valence-corrected chi connectivity index (χ0v) is 14.5. The number of rotatable bonds is 5. The molecular formula is C19H24NO5+. The summed E-state index contributed by atoms with van der Waals surface area (Å²) in [5.74, 6) is -2.19. The number of benzene rings is 1. The Morgan fingerprint density at radius 3 is 2.36 bits per heavy atom. The molecule has 3 saturated heterocycles. The number of hydrogen-bond acceptors (Lipinski definition) is 4. The molecule has 0 amide bonds. The van der Waals surface area contributed by atoms with Crippen LogP contribution in [0.1, 0.15) is 30.7 Å². The first-order valence-corrected chi connectivity index (χ1v) is 8.84. The van der Waals surface area contributed by atoms with E-state index in [1.807, 2.05) is 18.2 Å². The summed E-state index contributed by atoms with van der Waals surface area (Å²) in [4.78, 5) is 23.9. The quantitative estimate of drug-likeness (QED) is 0.497. The molecule has 1 aromatic rings. The van der Waals surface area contributed by atoms with E-state index in [0.717, 1.165) is 17.3 Å². The maximum Gasteiger partial charge on any atom is 0.314 e. The van der Waals surface area contributed by atoms with Gasteiger partial charge in [-0.05, 0) is 5.56 Å². The molecule has 6 atom stereocenters. The Balaban J connectivity index is 1.46. The molecule has 4 rings (SSSR count). The Hall–Kier alpha value is -1.92. The van der Waals surface area contributed by atoms with Gasteiger partial charge in [-0.3, -0.25) is 9.59 Å². The number of nitrogens with zero attached hydrogens (tertiary/aromatic N) is 1. The Labute approximate surface area is 146 Å². The van der Waals surface area contributed by atoms with Crippen LogP contribution in [0.15, 0.2) is 30.3 Å². The van der Waals surface area contributed by atoms with Gasteiger partial charge < -0.3 is 19.1 Å². The minimum absolute atomic E-state index is 0.148. The summed E-state index contributed by atoms with van der Waals surface area (Å²) in [6, 6.07) is 9.74. The number of aliphatic carboxylic acids is 1. The average molecular weight is 346 g/mol. The highest BCUT2D eigenvalue weighted by Crippen LogP contribution is 2.51. The van der Waals surface area contributed by atoms with E-state index < -0.39 is 17.9 Å². The van der Waals surface area contributed by atoms with Crippen LogP contribution >= 0.6 is 0 Å². The topological polar surface area (TPSA) is 76.1 Å². The smallest absolute Gasteiger partial charge is 0.314 e. The first-order chi connectivity index (χ1) is 11.9. The standard InChI is InChI=1S/C19H23NO5/c1-20(2)14-8-12(9-15(20)18-17(14)25-18)24-19(23)13(10-16(21)22)11-6-4-3-5-7-11/h3-7,12-15,17-18H,8-10H2,1-2H3/p+1/t12?,13?,14-,15+,17-,18+. The molecule has 25 heavy (non-hydrogen) atoms. The molecule has 0 radical (unpaired) electrons. The zero-order chi connectivity index (χ0) is 17.8. The van der Waals surface area contributed by atoms with Crippen LogP contribution < -0.4 is 0 Å². The number of esters is 1. The third-order valence-corrected chi connectivity index (χ3v) is 6.19. The molecule has 1 N–H and O–H groups in total. The lowest BCUT2D eigenvalue weighted by atomic mass is 9.94. The van der Waals surface area contributed by atoms with E-state index >= 15 is 0 Å². The summed E-state index contributed by atoms with van der Waals surface area (Å²) in [6.07, 6.45) is 1.76. The maximum atomic E-state index is 12.7. The maximum absolute atomic E-state index is 12.7. The summed E-state index contributed by atoms with van der Waals surface area (Å²) in [5, 5.41) is 9.18. The number of carboxylic acid groups (broad SMARTS) is 1. The van der Waals surface area contributed by atoms with Crippen molar-refractivity contribution in [2.75, 3.05) is 14.1 Å². The van der Waals surface area contributed by atoms with Crippen molar-refractivity contribution in [3.63, 3.8) is 0 Å². The van der Waals surface area contributed by atoms with E-state index in [1.165, 1.54) is 0 Å². The molecule has 3 aliphatic heterocycles. The number of epoxide rings is 1. The molecule has 0 saturated carbocycles. The number of hydrogen-bond donors (Lipinski definition) is 1. The van der Waals surface area contributed by atoms with Gasteiger partial charge in [0.05, 0.1) is 26.4 Å². The minimum atomic E-state index is -0.998. The van der Waals surface area contributed by atoms with Crippen LogP contribution in [-0.4, -0.2) is 66.0 Å². The van der Waals surface area contributed by atoms with Gasteiger partial charge in [-0.2, -0.15) is 0 Å². The van der Waals surface area contributed by atoms with E-state index in [1.54, 1.807) is 12.1 Å². The number of likely N-dealkylation sites (N-methyl/N-ethyl adjacent to an activating group) is 1. The molecule has 3 fully saturated rings. The molecule has 6 nitrogen and oxygen atoms in total. The Kier molecular flexibility index (Phi) is 3.85. The fourth-order valence-electron chi connectivity index (χ4n) is 4.75. The molecule has 0 aromatic heterocycles. The Bertz CT molecular complexity index is 668. The molecular weight excluding hydrogens is 322 g/mol. The lowest BCUT2D eigenvalue weighted by Gasteiger charge is -2.45. The van der Waals surface area contributed by atoms with Crippen molar-refractivity contribution < 1.29 is 28.7 Å². The van der Waals surface area contributed by atoms with Crippen LogP contribution in [0.4, 0.5) is 0 Å². The normalized spacial score (nSPS) is 35.5. The van der Waals surface area contributed by atoms with E-state index in [-0.39, 0.29) is 12.5 Å². The number of morpholine rings is 1. The molecule has 2 bridgehead atoms. The largest absolute Gasteiger partial charge is 0.481 e. The molecule has 6 heteroatoms. The van der Waals surface area contributed by atoms with E-state index in [0.29, 0.717) is 29.9 Å². The second-order valence-corrected chi connectivity index (χ2v) is 7.92. The van der Waals surface area contributed by atoms with Crippen molar-refractivity contribution in [3.8, 4) is 0 Å². The minimum Gasteiger partial charge on any atom is -0.481 e. The summed E-state index contributed by atoms with van der Waals surface area (Å²) >= 11 is 0. The summed E-state index contributed by atoms with van der Waals surface area (Å²) in [5.41, 5.74) is 0.691. The summed E-state index contributed by atoms with van der Waals surface area (Å²) in [6.45, 7) is 0. The van der Waals surface area contributed by atoms with Crippen molar-refractivity contribution in [2.24, 2.45) is 0 Å². The zero-order valence-electron chi connectivity index (χ0n) is 14.5. The third-order valence-electron chi connectivity index (χ3n) is 6.19. The van der Waals surface area contributed by atoms with Gasteiger partial charge in [0.1, 0.15) is 30.4 Å². The number of carboxylic acids is 1. The predicted molar refractivity (Wildman–Crippen MR) is 88.9 cm³/mol. The fraction of sp³-hybridized carbons (Fsp3) is 0.579. The van der Waals surface area contributed by atoms with Gasteiger partial charge in [-0.1, -0.05) is 30.3 Å². The monoisotopic (exact) mass is 346 g/mol. The van der Waals surface area contributed by atoms with Gasteiger partial charge in [0, 0.05) is 12.8 Å². The third kappa shape index (κ3) is 2.83. The first-order valence-electron chi connectivity index (χ1n) is 8.84. The average Bonchev–Trinajstić information content (AvgIpc) is 3.31. The predicted octanol–water partition coefficient (Wildman–Crippen LogP) is 1.55. The van der Waals surface area contributed by atoms with Gasteiger partial charge in [0.15, 0.2) is 0 Å². The molecule has 0 spiro atoms. The lowest BCUT2D eigenvalue weighted by Crippen LogP contribution is -2.60. The second-order valence-electron chi connectivity index (χ2n) is 7.92. The number of carbonyl (C=O) groups is 2. The molecule has 0 aliphatic carbocycles. The molecule has 3 heterocycles. The van der Waals surface area contributed by atoms with Crippen LogP contribution in [0.3, 0.4) is 0 Å². The highest BCUT2D eigenvalue weighted by molar-refractivity contribution is 5.84. The van der Waals surface area contributed by atoms with Gasteiger partial charge in [-0.15, -0.1) is 0 Å². The second kappa shape index (κ2) is 5.81. The molecule has 1 aromatic carbocycles. The summed E-state index contributed by atoms with van der Waals surface area (Å²) < 4.78 is 12.5. The van der Waals surface area contributed by atoms with Crippen LogP contribution in [0.25, 0.3) is 0 Å². The summed E-state index contributed by atoms with van der Waals surface area (Å²) in [7, 11) is 4.44. The van der Waals surface area contributed by atoms with Gasteiger partial charge in [0.2, 0.25) is 0 Å². The lowest BCUT2D eigenvalue weighted by molar-refractivity contribution is -0.938. The van der Waals surface area contributed by atoms with Crippen LogP contribution in [0, 0.1) is 0 Å². The van der Waals surface area contributed by atoms with Gasteiger partial charge in [0.25, 0.3) is 0 Å². The number of fused-ring (bicyclic) bond motifs is 5. The van der Waals surface area contributed by atoms with Crippen molar-refractivity contribution in [3.05, 3.63) is 35.9 Å². The van der Waals surface area contributed by atoms with Crippen LogP contribution in [0.5, 0.6) is 0 Å². The fourth-order valence-corrected chi connectivity index (χ4v) is 4.75. The van der Waals surface area contributed by atoms with Crippen molar-refractivity contribution in [2.45, 2.75) is 55.6 Å². The van der Waals surface area contributed by atoms with Crippen LogP contribution in [-0.2, 0) is 19.1 Å². The van der Waals surface area contributed by atoms with Gasteiger partial charge in [-0.25, -0.2) is 0 Å². The van der Waals surface area contributed by atoms with Crippen molar-refractivity contribution in [1.29, 1.82) is 0 Å². The van der Waals surface area contributed by atoms with Crippen molar-refractivity contribution in [1.82, 2.24) is 0 Å². The van der Waals surface area contributed by atoms with Crippen molar-refractivity contribution >= 4 is 11.9 Å². The number of carbonyl (C=O) groups excluding carboxylic acids is 1. The highest BCUT2D eigenvalue weighted by atomic mass is 16.6. The Morgan fingerprint density at radius 1 is 1.20 bits per heavy atom.